The van der Waals surface area contributed by atoms with Gasteiger partial charge in [-0.2, -0.15) is 0 Å². The Balaban J connectivity index is 1.94. The van der Waals surface area contributed by atoms with E-state index in [0.29, 0.717) is 11.1 Å². The summed E-state index contributed by atoms with van der Waals surface area (Å²) in [6, 6.07) is 7.73. The number of aromatic nitrogens is 3. The molecule has 0 radical (unpaired) electrons. The smallest absolute Gasteiger partial charge is 0.237 e. The Morgan fingerprint density at radius 1 is 1.24 bits per heavy atom. The van der Waals surface area contributed by atoms with Gasteiger partial charge in [-0.15, -0.1) is 5.10 Å². The van der Waals surface area contributed by atoms with Crippen LogP contribution in [0.5, 0.6) is 0 Å². The molecular weight excluding hydrogens is 284 g/mol. The van der Waals surface area contributed by atoms with Crippen molar-refractivity contribution in [2.75, 3.05) is 5.32 Å². The second-order valence-corrected chi connectivity index (χ2v) is 6.58. The van der Waals surface area contributed by atoms with E-state index in [1.54, 1.807) is 0 Å². The summed E-state index contributed by atoms with van der Waals surface area (Å²) in [7, 11) is 0. The molecule has 0 saturated carbocycles. The molecule has 2 aromatic rings. The second kappa shape index (κ2) is 6.76. The predicted octanol–water partition coefficient (Wildman–Crippen LogP) is 3.36. The van der Waals surface area contributed by atoms with Gasteiger partial charge in [-0.3, -0.25) is 9.89 Å². The van der Waals surface area contributed by atoms with Crippen LogP contribution in [-0.4, -0.2) is 26.3 Å². The molecule has 5 nitrogen and oxygen atoms in total. The number of benzene rings is 1. The summed E-state index contributed by atoms with van der Waals surface area (Å²) in [6.07, 6.45) is 0. The van der Waals surface area contributed by atoms with Crippen molar-refractivity contribution in [3.8, 4) is 0 Å². The third-order valence-corrected chi connectivity index (χ3v) is 3.96. The number of carbonyl (C=O) groups is 1. The molecule has 0 spiro atoms. The second-order valence-electron chi connectivity index (χ2n) is 5.27. The number of aromatic amines is 1. The first-order chi connectivity index (χ1) is 9.95. The number of hydrogen-bond acceptors (Lipinski definition) is 4. The SMILES string of the molecule is Cc1ccc(NC(=O)C(C)Sc2n[nH]c(C(C)C)n2)cc1. The van der Waals surface area contributed by atoms with E-state index in [1.807, 2.05) is 52.0 Å². The van der Waals surface area contributed by atoms with E-state index < -0.39 is 0 Å². The molecule has 1 heterocycles. The van der Waals surface area contributed by atoms with E-state index in [1.165, 1.54) is 11.8 Å². The summed E-state index contributed by atoms with van der Waals surface area (Å²) in [5, 5.41) is 10.3. The molecule has 0 bridgehead atoms. The number of anilines is 1. The van der Waals surface area contributed by atoms with Crippen LogP contribution in [0.2, 0.25) is 0 Å². The molecule has 0 saturated heterocycles. The van der Waals surface area contributed by atoms with Gasteiger partial charge in [0.15, 0.2) is 0 Å². The van der Waals surface area contributed by atoms with Crippen LogP contribution < -0.4 is 5.32 Å². The van der Waals surface area contributed by atoms with Gasteiger partial charge in [0.05, 0.1) is 5.25 Å². The number of nitrogens with one attached hydrogen (secondary N) is 2. The maximum atomic E-state index is 12.1. The lowest BCUT2D eigenvalue weighted by Gasteiger charge is -2.10. The Bertz CT molecular complexity index is 606. The molecule has 1 aromatic heterocycles. The molecule has 0 aliphatic heterocycles. The summed E-state index contributed by atoms with van der Waals surface area (Å²) in [5.74, 6) is 1.08. The Morgan fingerprint density at radius 3 is 2.48 bits per heavy atom. The predicted molar refractivity (Wildman–Crippen MR) is 85.6 cm³/mol. The van der Waals surface area contributed by atoms with Gasteiger partial charge in [0, 0.05) is 11.6 Å². The third-order valence-electron chi connectivity index (χ3n) is 3.00. The largest absolute Gasteiger partial charge is 0.325 e. The number of carbonyl (C=O) groups excluding carboxylic acids is 1. The molecule has 1 unspecified atom stereocenters. The summed E-state index contributed by atoms with van der Waals surface area (Å²) in [5.41, 5.74) is 1.97. The van der Waals surface area contributed by atoms with Crippen molar-refractivity contribution in [3.63, 3.8) is 0 Å². The molecule has 1 atom stereocenters. The summed E-state index contributed by atoms with van der Waals surface area (Å²) in [6.45, 7) is 7.95. The monoisotopic (exact) mass is 304 g/mol. The first-order valence-corrected chi connectivity index (χ1v) is 7.80. The van der Waals surface area contributed by atoms with Crippen molar-refractivity contribution in [2.45, 2.75) is 44.0 Å². The fourth-order valence-electron chi connectivity index (χ4n) is 1.66. The molecule has 0 fully saturated rings. The van der Waals surface area contributed by atoms with Crippen LogP contribution in [0, 0.1) is 6.92 Å². The van der Waals surface area contributed by atoms with Gasteiger partial charge < -0.3 is 5.32 Å². The number of aryl methyl sites for hydroxylation is 1. The number of nitrogens with zero attached hydrogens (tertiary/aromatic N) is 2. The molecule has 0 aliphatic carbocycles. The number of hydrogen-bond donors (Lipinski definition) is 2. The van der Waals surface area contributed by atoms with Gasteiger partial charge >= 0.3 is 0 Å². The van der Waals surface area contributed by atoms with Crippen LogP contribution >= 0.6 is 11.8 Å². The average Bonchev–Trinajstić information content (AvgIpc) is 2.90. The van der Waals surface area contributed by atoms with Gasteiger partial charge in [0.1, 0.15) is 5.82 Å². The minimum Gasteiger partial charge on any atom is -0.325 e. The highest BCUT2D eigenvalue weighted by molar-refractivity contribution is 8.00. The Kier molecular flexibility index (Phi) is 5.01. The Labute approximate surface area is 128 Å². The molecule has 1 aromatic carbocycles. The zero-order valence-electron chi connectivity index (χ0n) is 12.7. The summed E-state index contributed by atoms with van der Waals surface area (Å²) >= 11 is 1.35. The lowest BCUT2D eigenvalue weighted by molar-refractivity contribution is -0.115. The molecule has 112 valence electrons. The van der Waals surface area contributed by atoms with Crippen LogP contribution in [0.4, 0.5) is 5.69 Å². The van der Waals surface area contributed by atoms with E-state index in [4.69, 9.17) is 0 Å². The van der Waals surface area contributed by atoms with Crippen molar-refractivity contribution in [3.05, 3.63) is 35.7 Å². The highest BCUT2D eigenvalue weighted by Crippen LogP contribution is 2.22. The normalized spacial score (nSPS) is 12.4. The van der Waals surface area contributed by atoms with Crippen molar-refractivity contribution < 1.29 is 4.79 Å². The fraction of sp³-hybridized carbons (Fsp3) is 0.400. The topological polar surface area (TPSA) is 70.7 Å². The molecule has 1 amide bonds. The van der Waals surface area contributed by atoms with Gasteiger partial charge in [-0.25, -0.2) is 4.98 Å². The van der Waals surface area contributed by atoms with E-state index >= 15 is 0 Å². The lowest BCUT2D eigenvalue weighted by atomic mass is 10.2. The molecule has 2 N–H and O–H groups in total. The number of H-pyrrole nitrogens is 1. The number of thioether (sulfide) groups is 1. The molecule has 6 heteroatoms. The average molecular weight is 304 g/mol. The molecule has 0 aliphatic rings. The van der Waals surface area contributed by atoms with Crippen LogP contribution in [-0.2, 0) is 4.79 Å². The molecular formula is C15H20N4OS. The maximum Gasteiger partial charge on any atom is 0.237 e. The van der Waals surface area contributed by atoms with Crippen LogP contribution in [0.3, 0.4) is 0 Å². The fourth-order valence-corrected chi connectivity index (χ4v) is 2.39. The van der Waals surface area contributed by atoms with E-state index in [9.17, 15) is 4.79 Å². The third kappa shape index (κ3) is 4.32. The summed E-state index contributed by atoms with van der Waals surface area (Å²) in [4.78, 5) is 16.5. The summed E-state index contributed by atoms with van der Waals surface area (Å²) < 4.78 is 0. The molecule has 21 heavy (non-hydrogen) atoms. The first-order valence-electron chi connectivity index (χ1n) is 6.92. The highest BCUT2D eigenvalue weighted by Gasteiger charge is 2.17. The standard InChI is InChI=1S/C15H20N4OS/c1-9(2)13-17-15(19-18-13)21-11(4)14(20)16-12-7-5-10(3)6-8-12/h5-9,11H,1-4H3,(H,16,20)(H,17,18,19). The molecule has 2 rings (SSSR count). The zero-order valence-corrected chi connectivity index (χ0v) is 13.5. The van der Waals surface area contributed by atoms with Crippen molar-refractivity contribution in [2.24, 2.45) is 0 Å². The van der Waals surface area contributed by atoms with E-state index in [-0.39, 0.29) is 11.2 Å². The van der Waals surface area contributed by atoms with Crippen LogP contribution in [0.25, 0.3) is 0 Å². The van der Waals surface area contributed by atoms with Crippen LogP contribution in [0.15, 0.2) is 29.4 Å². The Hall–Kier alpha value is -1.82. The van der Waals surface area contributed by atoms with Gasteiger partial charge in [-0.1, -0.05) is 43.3 Å². The van der Waals surface area contributed by atoms with Crippen molar-refractivity contribution in [1.29, 1.82) is 0 Å². The van der Waals surface area contributed by atoms with Crippen LogP contribution in [0.1, 0.15) is 38.1 Å². The Morgan fingerprint density at radius 2 is 1.90 bits per heavy atom. The highest BCUT2D eigenvalue weighted by atomic mass is 32.2. The van der Waals surface area contributed by atoms with E-state index in [2.05, 4.69) is 20.5 Å². The maximum absolute atomic E-state index is 12.1. The van der Waals surface area contributed by atoms with Crippen molar-refractivity contribution in [1.82, 2.24) is 15.2 Å². The number of rotatable bonds is 5. The zero-order chi connectivity index (χ0) is 15.4. The van der Waals surface area contributed by atoms with Gasteiger partial charge in [0.25, 0.3) is 0 Å². The van der Waals surface area contributed by atoms with Gasteiger partial charge in [0.2, 0.25) is 11.1 Å². The minimum atomic E-state index is -0.262. The quantitative estimate of drug-likeness (QED) is 0.831. The number of amides is 1. The van der Waals surface area contributed by atoms with Crippen molar-refractivity contribution >= 4 is 23.4 Å². The van der Waals surface area contributed by atoms with Gasteiger partial charge in [-0.05, 0) is 26.0 Å². The lowest BCUT2D eigenvalue weighted by Crippen LogP contribution is -2.22. The van der Waals surface area contributed by atoms with E-state index in [0.717, 1.165) is 17.1 Å². The minimum absolute atomic E-state index is 0.0558. The first kappa shape index (κ1) is 15.6.